The second-order valence-corrected chi connectivity index (χ2v) is 6.35. The summed E-state index contributed by atoms with van der Waals surface area (Å²) < 4.78 is 4.99. The largest absolute Gasteiger partial charge is 0.477 e. The zero-order chi connectivity index (χ0) is 15.7. The molecule has 0 radical (unpaired) electrons. The molecule has 2 aliphatic heterocycles. The first kappa shape index (κ1) is 15.8. The van der Waals surface area contributed by atoms with Crippen molar-refractivity contribution >= 4 is 29.5 Å². The van der Waals surface area contributed by atoms with E-state index in [1.807, 2.05) is 0 Å². The average Bonchev–Trinajstić information content (AvgIpc) is 2.43. The number of β-lactam (4-membered cyclic amide) rings is 1. The minimum atomic E-state index is -1.14. The molecule has 0 bridgehead atoms. The molecule has 0 aromatic carbocycles. The van der Waals surface area contributed by atoms with Crippen molar-refractivity contribution in [1.82, 2.24) is 10.2 Å². The Morgan fingerprint density at radius 3 is 2.71 bits per heavy atom. The number of aliphatic carboxylic acids is 1. The Hall–Kier alpha value is -1.54. The maximum absolute atomic E-state index is 12.2. The van der Waals surface area contributed by atoms with Crippen LogP contribution >= 0.6 is 11.8 Å². The van der Waals surface area contributed by atoms with E-state index in [1.54, 1.807) is 13.8 Å². The summed E-state index contributed by atoms with van der Waals surface area (Å²) in [4.78, 5) is 36.5. The van der Waals surface area contributed by atoms with Crippen molar-refractivity contribution in [3.63, 3.8) is 0 Å². The van der Waals surface area contributed by atoms with Crippen LogP contribution in [0.25, 0.3) is 0 Å². The number of nitrogens with zero attached hydrogens (tertiary/aromatic N) is 1. The van der Waals surface area contributed by atoms with E-state index in [-0.39, 0.29) is 35.4 Å². The van der Waals surface area contributed by atoms with Crippen molar-refractivity contribution < 1.29 is 24.2 Å². The summed E-state index contributed by atoms with van der Waals surface area (Å²) in [6.45, 7) is 3.65. The number of carboxylic acids is 1. The Morgan fingerprint density at radius 1 is 1.52 bits per heavy atom. The normalized spacial score (nSPS) is 24.8. The number of nitrogens with one attached hydrogen (secondary N) is 1. The van der Waals surface area contributed by atoms with Gasteiger partial charge in [0, 0.05) is 18.8 Å². The Labute approximate surface area is 126 Å². The molecule has 0 aromatic rings. The van der Waals surface area contributed by atoms with Crippen molar-refractivity contribution in [2.45, 2.75) is 25.3 Å². The van der Waals surface area contributed by atoms with Gasteiger partial charge in [0.2, 0.25) is 5.91 Å². The van der Waals surface area contributed by atoms with Crippen LogP contribution in [0.3, 0.4) is 0 Å². The molecule has 21 heavy (non-hydrogen) atoms. The second kappa shape index (κ2) is 6.07. The highest BCUT2D eigenvalue weighted by Gasteiger charge is 2.54. The van der Waals surface area contributed by atoms with Crippen LogP contribution in [-0.2, 0) is 19.1 Å². The van der Waals surface area contributed by atoms with E-state index in [2.05, 4.69) is 5.32 Å². The minimum Gasteiger partial charge on any atom is -0.477 e. The van der Waals surface area contributed by atoms with Crippen molar-refractivity contribution in [1.29, 1.82) is 0 Å². The molecule has 2 aliphatic rings. The van der Waals surface area contributed by atoms with Crippen LogP contribution in [0.15, 0.2) is 11.3 Å². The SMILES string of the molecule is COCC1=C(C(=O)O)N2C(=O)C(NC(=O)C(C)C)[C@@H]2SC1. The van der Waals surface area contributed by atoms with Crippen LogP contribution in [0.1, 0.15) is 13.8 Å². The third-order valence-corrected chi connectivity index (χ3v) is 4.73. The highest BCUT2D eigenvalue weighted by Crippen LogP contribution is 2.40. The summed E-state index contributed by atoms with van der Waals surface area (Å²) >= 11 is 1.44. The fourth-order valence-corrected chi connectivity index (χ4v) is 3.62. The maximum atomic E-state index is 12.2. The zero-order valence-corrected chi connectivity index (χ0v) is 12.9. The molecule has 2 rings (SSSR count). The van der Waals surface area contributed by atoms with Crippen LogP contribution in [0.2, 0.25) is 0 Å². The van der Waals surface area contributed by atoms with Crippen LogP contribution in [0, 0.1) is 5.92 Å². The summed E-state index contributed by atoms with van der Waals surface area (Å²) in [6.07, 6.45) is 0. The molecule has 0 aliphatic carbocycles. The standard InChI is InChI=1S/C13H18N2O5S/c1-6(2)10(16)14-8-11(17)15-9(13(18)19)7(4-20-3)5-21-12(8)15/h6,8,12H,4-5H2,1-3H3,(H,14,16)(H,18,19)/t8?,12-/m0/s1. The molecule has 2 heterocycles. The van der Waals surface area contributed by atoms with E-state index in [1.165, 1.54) is 23.8 Å². The molecular formula is C13H18N2O5S. The summed E-state index contributed by atoms with van der Waals surface area (Å²) in [7, 11) is 1.48. The van der Waals surface area contributed by atoms with Gasteiger partial charge in [-0.3, -0.25) is 14.5 Å². The van der Waals surface area contributed by atoms with Gasteiger partial charge in [0.1, 0.15) is 17.1 Å². The van der Waals surface area contributed by atoms with Gasteiger partial charge in [-0.2, -0.15) is 0 Å². The number of hydrogen-bond acceptors (Lipinski definition) is 5. The number of carboxylic acid groups (broad SMARTS) is 1. The van der Waals surface area contributed by atoms with E-state index in [9.17, 15) is 19.5 Å². The number of rotatable bonds is 5. The summed E-state index contributed by atoms with van der Waals surface area (Å²) in [5.74, 6) is -1.49. The van der Waals surface area contributed by atoms with Crippen LogP contribution in [-0.4, -0.2) is 58.7 Å². The van der Waals surface area contributed by atoms with E-state index in [0.717, 1.165) is 0 Å². The highest BCUT2D eigenvalue weighted by molar-refractivity contribution is 8.00. The Morgan fingerprint density at radius 2 is 2.19 bits per heavy atom. The number of methoxy groups -OCH3 is 1. The molecule has 116 valence electrons. The average molecular weight is 314 g/mol. The number of ether oxygens (including phenoxy) is 1. The number of hydrogen-bond donors (Lipinski definition) is 2. The first-order valence-electron chi connectivity index (χ1n) is 6.57. The lowest BCUT2D eigenvalue weighted by Gasteiger charge is -2.49. The monoisotopic (exact) mass is 314 g/mol. The lowest BCUT2D eigenvalue weighted by molar-refractivity contribution is -0.151. The number of carbonyl (C=O) groups is 3. The molecule has 1 fully saturated rings. The van der Waals surface area contributed by atoms with Crippen LogP contribution in [0.4, 0.5) is 0 Å². The molecule has 0 saturated carbocycles. The molecule has 7 nitrogen and oxygen atoms in total. The molecular weight excluding hydrogens is 296 g/mol. The lowest BCUT2D eigenvalue weighted by atomic mass is 10.0. The molecule has 1 unspecified atom stereocenters. The Bertz CT molecular complexity index is 517. The summed E-state index contributed by atoms with van der Waals surface area (Å²) in [5.41, 5.74) is 0.564. The van der Waals surface area contributed by atoms with Gasteiger partial charge in [-0.1, -0.05) is 13.8 Å². The van der Waals surface area contributed by atoms with Crippen molar-refractivity contribution in [2.24, 2.45) is 5.92 Å². The minimum absolute atomic E-state index is 0.0133. The molecule has 2 N–H and O–H groups in total. The molecule has 8 heteroatoms. The molecule has 0 spiro atoms. The van der Waals surface area contributed by atoms with Crippen molar-refractivity contribution in [2.75, 3.05) is 19.5 Å². The zero-order valence-electron chi connectivity index (χ0n) is 12.1. The van der Waals surface area contributed by atoms with Crippen molar-refractivity contribution in [3.8, 4) is 0 Å². The van der Waals surface area contributed by atoms with E-state index >= 15 is 0 Å². The van der Waals surface area contributed by atoms with Crippen molar-refractivity contribution in [3.05, 3.63) is 11.3 Å². The Kier molecular flexibility index (Phi) is 4.58. The van der Waals surface area contributed by atoms with Gasteiger partial charge >= 0.3 is 5.97 Å². The molecule has 2 amide bonds. The van der Waals surface area contributed by atoms with Gasteiger partial charge in [0.15, 0.2) is 0 Å². The second-order valence-electron chi connectivity index (χ2n) is 5.24. The summed E-state index contributed by atoms with van der Waals surface area (Å²) in [6, 6.07) is -0.650. The van der Waals surface area contributed by atoms with E-state index in [4.69, 9.17) is 4.74 Å². The first-order chi connectivity index (χ1) is 9.88. The van der Waals surface area contributed by atoms with Gasteiger partial charge in [0.25, 0.3) is 5.91 Å². The third kappa shape index (κ3) is 2.77. The Balaban J connectivity index is 2.19. The van der Waals surface area contributed by atoms with E-state index in [0.29, 0.717) is 11.3 Å². The first-order valence-corrected chi connectivity index (χ1v) is 7.62. The quantitative estimate of drug-likeness (QED) is 0.695. The van der Waals surface area contributed by atoms with Gasteiger partial charge in [-0.15, -0.1) is 11.8 Å². The maximum Gasteiger partial charge on any atom is 0.352 e. The number of carbonyl (C=O) groups excluding carboxylic acids is 2. The van der Waals surface area contributed by atoms with Gasteiger partial charge in [-0.05, 0) is 5.57 Å². The summed E-state index contributed by atoms with van der Waals surface area (Å²) in [5, 5.41) is 11.6. The molecule has 0 aromatic heterocycles. The number of amides is 2. The topological polar surface area (TPSA) is 95.9 Å². The van der Waals surface area contributed by atoms with E-state index < -0.39 is 12.0 Å². The van der Waals surface area contributed by atoms with Crippen LogP contribution in [0.5, 0.6) is 0 Å². The van der Waals surface area contributed by atoms with Crippen LogP contribution < -0.4 is 5.32 Å². The van der Waals surface area contributed by atoms with Gasteiger partial charge < -0.3 is 15.2 Å². The third-order valence-electron chi connectivity index (χ3n) is 3.39. The predicted molar refractivity (Wildman–Crippen MR) is 76.4 cm³/mol. The number of fused-ring (bicyclic) bond motifs is 1. The highest BCUT2D eigenvalue weighted by atomic mass is 32.2. The van der Waals surface area contributed by atoms with Gasteiger partial charge in [0.05, 0.1) is 6.61 Å². The smallest absolute Gasteiger partial charge is 0.352 e. The number of thioether (sulfide) groups is 1. The fraction of sp³-hybridized carbons (Fsp3) is 0.615. The fourth-order valence-electron chi connectivity index (χ4n) is 2.29. The molecule has 2 atom stereocenters. The van der Waals surface area contributed by atoms with Gasteiger partial charge in [-0.25, -0.2) is 4.79 Å². The predicted octanol–water partition coefficient (Wildman–Crippen LogP) is 0.0274. The lowest BCUT2D eigenvalue weighted by Crippen LogP contribution is -2.70. The molecule has 1 saturated heterocycles.